The molecule has 0 aliphatic heterocycles. The Morgan fingerprint density at radius 3 is 0.800 bits per heavy atom. The lowest BCUT2D eigenvalue weighted by atomic mass is 9.78. The summed E-state index contributed by atoms with van der Waals surface area (Å²) in [4.78, 5) is 0. The van der Waals surface area contributed by atoms with E-state index in [0.29, 0.717) is 0 Å². The maximum Gasteiger partial charge on any atom is 0.459 e. The van der Waals surface area contributed by atoms with Crippen LogP contribution in [0, 0.1) is 12.3 Å². The molecule has 0 aliphatic carbocycles. The molecule has 0 saturated carbocycles. The van der Waals surface area contributed by atoms with Gasteiger partial charge in [0, 0.05) is 0 Å². The molecule has 0 aromatic rings. The zero-order chi connectivity index (χ0) is 17.0. The molecule has 0 saturated heterocycles. The van der Waals surface area contributed by atoms with E-state index in [9.17, 15) is 57.1 Å². The van der Waals surface area contributed by atoms with E-state index in [1.165, 1.54) is 0 Å². The highest BCUT2D eigenvalue weighted by Crippen LogP contribution is 2.64. The minimum atomic E-state index is -7.62. The molecular formula is C7H2F13. The van der Waals surface area contributed by atoms with Gasteiger partial charge in [0.1, 0.15) is 0 Å². The average Bonchev–Trinajstić information content (AvgIpc) is 2.10. The second kappa shape index (κ2) is 4.29. The number of hydrogen-bond acceptors (Lipinski definition) is 0. The van der Waals surface area contributed by atoms with Crippen LogP contribution in [0.2, 0.25) is 0 Å². The molecular weight excluding hydrogens is 331 g/mol. The molecule has 0 bridgehead atoms. The van der Waals surface area contributed by atoms with E-state index in [2.05, 4.69) is 0 Å². The first-order valence-corrected chi connectivity index (χ1v) is 4.06. The maximum atomic E-state index is 12.8. The van der Waals surface area contributed by atoms with Gasteiger partial charge in [0.15, 0.2) is 0 Å². The van der Waals surface area contributed by atoms with Crippen molar-refractivity contribution < 1.29 is 57.1 Å². The topological polar surface area (TPSA) is 0 Å². The summed E-state index contributed by atoms with van der Waals surface area (Å²) in [6.45, 7) is 0.884. The van der Waals surface area contributed by atoms with E-state index in [-0.39, 0.29) is 0 Å². The van der Waals surface area contributed by atoms with Gasteiger partial charge in [0.2, 0.25) is 5.41 Å². The van der Waals surface area contributed by atoms with Crippen LogP contribution in [0.25, 0.3) is 0 Å². The van der Waals surface area contributed by atoms with Gasteiger partial charge in [-0.15, -0.1) is 0 Å². The smallest absolute Gasteiger partial charge is 0.198 e. The van der Waals surface area contributed by atoms with Gasteiger partial charge in [-0.2, -0.15) is 57.1 Å². The number of alkyl halides is 13. The van der Waals surface area contributed by atoms with Crippen molar-refractivity contribution in [1.29, 1.82) is 0 Å². The van der Waals surface area contributed by atoms with Crippen molar-refractivity contribution in [2.45, 2.75) is 30.4 Å². The molecule has 0 aromatic heterocycles. The molecule has 0 spiro atoms. The van der Waals surface area contributed by atoms with Crippen LogP contribution in [0.5, 0.6) is 0 Å². The second-order valence-electron chi connectivity index (χ2n) is 3.55. The summed E-state index contributed by atoms with van der Waals surface area (Å²) in [6, 6.07) is 0. The van der Waals surface area contributed by atoms with Gasteiger partial charge in [-0.05, 0) is 6.92 Å². The lowest BCUT2D eigenvalue weighted by Gasteiger charge is -2.42. The number of hydrogen-bond donors (Lipinski definition) is 0. The monoisotopic (exact) mass is 333 g/mol. The molecule has 13 heteroatoms. The van der Waals surface area contributed by atoms with Crippen LogP contribution in [0.4, 0.5) is 57.1 Å². The van der Waals surface area contributed by atoms with Crippen molar-refractivity contribution in [2.75, 3.05) is 0 Å². The highest BCUT2D eigenvalue weighted by atomic mass is 19.4. The number of halogens is 13. The third kappa shape index (κ3) is 2.28. The SMILES string of the molecule is [CH2]C(C(F)(F)F)(C(F)(F)F)C(F)(F)C(F)(F)C(F)(F)F. The van der Waals surface area contributed by atoms with E-state index < -0.39 is 35.8 Å². The van der Waals surface area contributed by atoms with Gasteiger partial charge in [0.05, 0.1) is 0 Å². The Bertz CT molecular complexity index is 338. The molecule has 0 atom stereocenters. The highest BCUT2D eigenvalue weighted by Gasteiger charge is 2.90. The van der Waals surface area contributed by atoms with E-state index in [0.717, 1.165) is 6.92 Å². The first-order valence-electron chi connectivity index (χ1n) is 4.06. The molecule has 0 aromatic carbocycles. The zero-order valence-electron chi connectivity index (χ0n) is 8.62. The standard InChI is InChI=1S/C7H2F13/c1-2(5(12,13)14,6(15,16)17)3(8,9)4(10,11)7(18,19)20/h1H2. The minimum Gasteiger partial charge on any atom is -0.198 e. The molecule has 0 amide bonds. The molecule has 1 radical (unpaired) electrons. The molecule has 20 heavy (non-hydrogen) atoms. The number of rotatable bonds is 2. The molecule has 0 unspecified atom stereocenters. The van der Waals surface area contributed by atoms with Crippen molar-refractivity contribution in [3.05, 3.63) is 6.92 Å². The Morgan fingerprint density at radius 1 is 0.400 bits per heavy atom. The van der Waals surface area contributed by atoms with Crippen molar-refractivity contribution >= 4 is 0 Å². The van der Waals surface area contributed by atoms with Crippen LogP contribution < -0.4 is 0 Å². The predicted octanol–water partition coefficient (Wildman–Crippen LogP) is 4.76. The van der Waals surface area contributed by atoms with Crippen molar-refractivity contribution in [1.82, 2.24) is 0 Å². The van der Waals surface area contributed by atoms with Crippen LogP contribution >= 0.6 is 0 Å². The summed E-state index contributed by atoms with van der Waals surface area (Å²) in [5, 5.41) is 0. The first kappa shape index (κ1) is 19.1. The zero-order valence-corrected chi connectivity index (χ0v) is 8.62. The Balaban J connectivity index is 6.38. The van der Waals surface area contributed by atoms with Crippen LogP contribution in [0.3, 0.4) is 0 Å². The van der Waals surface area contributed by atoms with Crippen molar-refractivity contribution in [3.63, 3.8) is 0 Å². The normalized spacial score (nSPS) is 16.5. The van der Waals surface area contributed by atoms with Crippen LogP contribution in [-0.4, -0.2) is 30.4 Å². The van der Waals surface area contributed by atoms with E-state index in [4.69, 9.17) is 0 Å². The Morgan fingerprint density at radius 2 is 0.650 bits per heavy atom. The van der Waals surface area contributed by atoms with Gasteiger partial charge in [-0.25, -0.2) is 0 Å². The molecule has 0 fully saturated rings. The Kier molecular flexibility index (Phi) is 4.10. The van der Waals surface area contributed by atoms with E-state index >= 15 is 0 Å². The first-order chi connectivity index (χ1) is 8.25. The van der Waals surface area contributed by atoms with Crippen LogP contribution in [0.1, 0.15) is 0 Å². The van der Waals surface area contributed by atoms with E-state index in [1.54, 1.807) is 0 Å². The third-order valence-corrected chi connectivity index (χ3v) is 2.25. The third-order valence-electron chi connectivity index (χ3n) is 2.25. The fourth-order valence-electron chi connectivity index (χ4n) is 0.963. The summed E-state index contributed by atoms with van der Waals surface area (Å²) in [6.07, 6.45) is -21.8. The molecule has 0 heterocycles. The molecule has 0 rings (SSSR count). The lowest BCUT2D eigenvalue weighted by Crippen LogP contribution is -2.69. The van der Waals surface area contributed by atoms with Gasteiger partial charge in [0.25, 0.3) is 0 Å². The van der Waals surface area contributed by atoms with Gasteiger partial charge < -0.3 is 0 Å². The summed E-state index contributed by atoms with van der Waals surface area (Å²) < 4.78 is 157. The quantitative estimate of drug-likeness (QED) is 0.639. The lowest BCUT2D eigenvalue weighted by molar-refractivity contribution is -0.447. The predicted molar refractivity (Wildman–Crippen MR) is 35.8 cm³/mol. The summed E-state index contributed by atoms with van der Waals surface area (Å²) >= 11 is 0. The average molecular weight is 333 g/mol. The van der Waals surface area contributed by atoms with Crippen molar-refractivity contribution in [3.8, 4) is 0 Å². The maximum absolute atomic E-state index is 12.8. The second-order valence-corrected chi connectivity index (χ2v) is 3.55. The fraction of sp³-hybridized carbons (Fsp3) is 0.857. The molecule has 0 N–H and O–H groups in total. The molecule has 0 aliphatic rings. The Labute approximate surface area is 101 Å². The van der Waals surface area contributed by atoms with Crippen LogP contribution in [0.15, 0.2) is 0 Å². The molecule has 121 valence electrons. The highest BCUT2D eigenvalue weighted by molar-refractivity contribution is 5.12. The molecule has 0 nitrogen and oxygen atoms in total. The summed E-state index contributed by atoms with van der Waals surface area (Å²) in [5.41, 5.74) is -6.84. The summed E-state index contributed by atoms with van der Waals surface area (Å²) in [7, 11) is 0. The fourth-order valence-corrected chi connectivity index (χ4v) is 0.963. The van der Waals surface area contributed by atoms with Crippen LogP contribution in [-0.2, 0) is 0 Å². The van der Waals surface area contributed by atoms with Gasteiger partial charge >= 0.3 is 30.4 Å². The van der Waals surface area contributed by atoms with Gasteiger partial charge in [-0.1, -0.05) is 0 Å². The van der Waals surface area contributed by atoms with Gasteiger partial charge in [-0.3, -0.25) is 0 Å². The largest absolute Gasteiger partial charge is 0.459 e. The van der Waals surface area contributed by atoms with E-state index in [1.807, 2.05) is 0 Å². The summed E-state index contributed by atoms with van der Waals surface area (Å²) in [5.74, 6) is -15.2. The minimum absolute atomic E-state index is 0.884. The van der Waals surface area contributed by atoms with Crippen molar-refractivity contribution in [2.24, 2.45) is 5.41 Å². The Hall–Kier alpha value is -0.910.